The maximum absolute atomic E-state index is 12.5. The lowest BCUT2D eigenvalue weighted by molar-refractivity contribution is -0.384. The molecule has 7 heteroatoms. The molecule has 0 atom stereocenters. The van der Waals surface area contributed by atoms with Gasteiger partial charge in [-0.25, -0.2) is 0 Å². The Kier molecular flexibility index (Phi) is 8.07. The molecule has 2 aromatic rings. The van der Waals surface area contributed by atoms with E-state index in [1.54, 1.807) is 24.3 Å². The zero-order valence-corrected chi connectivity index (χ0v) is 19.2. The number of likely N-dealkylation sites (tertiary alicyclic amines) is 2. The fourth-order valence-electron chi connectivity index (χ4n) is 5.01. The molecule has 2 fully saturated rings. The van der Waals surface area contributed by atoms with Crippen LogP contribution < -0.4 is 5.32 Å². The molecule has 2 heterocycles. The minimum absolute atomic E-state index is 0.0602. The van der Waals surface area contributed by atoms with E-state index < -0.39 is 4.92 Å². The second-order valence-corrected chi connectivity index (χ2v) is 9.16. The Balaban J connectivity index is 1.17. The molecule has 2 aliphatic rings. The number of carbonyl (C=O) groups is 1. The summed E-state index contributed by atoms with van der Waals surface area (Å²) in [4.78, 5) is 28.3. The van der Waals surface area contributed by atoms with Crippen molar-refractivity contribution in [1.29, 1.82) is 0 Å². The van der Waals surface area contributed by atoms with Crippen LogP contribution in [0.5, 0.6) is 0 Å². The first-order valence-electron chi connectivity index (χ1n) is 12.2. The molecule has 0 saturated carbocycles. The lowest BCUT2D eigenvalue weighted by atomic mass is 10.00. The normalized spacial score (nSPS) is 18.2. The number of non-ortho nitro benzene ring substituents is 1. The largest absolute Gasteiger partial charge is 0.352 e. The van der Waals surface area contributed by atoms with Crippen molar-refractivity contribution in [3.63, 3.8) is 0 Å². The van der Waals surface area contributed by atoms with Gasteiger partial charge in [-0.15, -0.1) is 0 Å². The van der Waals surface area contributed by atoms with Gasteiger partial charge in [-0.2, -0.15) is 0 Å². The van der Waals surface area contributed by atoms with E-state index in [4.69, 9.17) is 0 Å². The number of nitro benzene ring substituents is 1. The van der Waals surface area contributed by atoms with Gasteiger partial charge in [-0.3, -0.25) is 14.9 Å². The van der Waals surface area contributed by atoms with Crippen molar-refractivity contribution in [3.05, 3.63) is 64.2 Å². The smallest absolute Gasteiger partial charge is 0.270 e. The third-order valence-corrected chi connectivity index (χ3v) is 6.94. The maximum atomic E-state index is 12.5. The van der Waals surface area contributed by atoms with E-state index in [-0.39, 0.29) is 11.6 Å². The van der Waals surface area contributed by atoms with Crippen LogP contribution in [0.25, 0.3) is 11.1 Å². The molecule has 2 aromatic carbocycles. The van der Waals surface area contributed by atoms with E-state index in [2.05, 4.69) is 15.1 Å². The van der Waals surface area contributed by atoms with E-state index in [0.29, 0.717) is 12.1 Å². The summed E-state index contributed by atoms with van der Waals surface area (Å²) in [6.07, 6.45) is 7.59. The van der Waals surface area contributed by atoms with Crippen LogP contribution in [0.3, 0.4) is 0 Å². The molecule has 0 unspecified atom stereocenters. The Hall–Kier alpha value is -2.77. The number of piperidine rings is 2. The summed E-state index contributed by atoms with van der Waals surface area (Å²) in [6.45, 7) is 6.57. The van der Waals surface area contributed by atoms with Gasteiger partial charge in [0.2, 0.25) is 0 Å². The number of benzene rings is 2. The lowest BCUT2D eigenvalue weighted by Gasteiger charge is -2.40. The van der Waals surface area contributed by atoms with Crippen LogP contribution in [-0.2, 0) is 0 Å². The number of carbonyl (C=O) groups excluding carboxylic acids is 1. The van der Waals surface area contributed by atoms with Crippen LogP contribution in [0.4, 0.5) is 5.69 Å². The molecule has 2 aliphatic heterocycles. The third-order valence-electron chi connectivity index (χ3n) is 6.94. The number of nitrogens with zero attached hydrogens (tertiary/aromatic N) is 3. The van der Waals surface area contributed by atoms with Crippen molar-refractivity contribution >= 4 is 11.6 Å². The van der Waals surface area contributed by atoms with Crippen LogP contribution in [0, 0.1) is 10.1 Å². The summed E-state index contributed by atoms with van der Waals surface area (Å²) >= 11 is 0. The van der Waals surface area contributed by atoms with E-state index in [9.17, 15) is 14.9 Å². The van der Waals surface area contributed by atoms with E-state index in [1.807, 2.05) is 18.2 Å². The van der Waals surface area contributed by atoms with Gasteiger partial charge >= 0.3 is 0 Å². The summed E-state index contributed by atoms with van der Waals surface area (Å²) in [6, 6.07) is 14.5. The SMILES string of the molecule is O=C(NCCCN1CCC(N2CCCCC2)CC1)c1ccc(-c2cccc([N+](=O)[O-])c2)cc1. The summed E-state index contributed by atoms with van der Waals surface area (Å²) in [5.74, 6) is -0.0793. The van der Waals surface area contributed by atoms with Crippen LogP contribution in [0.2, 0.25) is 0 Å². The minimum atomic E-state index is -0.401. The number of nitro groups is 1. The molecule has 0 spiro atoms. The van der Waals surface area contributed by atoms with Crippen molar-refractivity contribution in [3.8, 4) is 11.1 Å². The van der Waals surface area contributed by atoms with Gasteiger partial charge in [0.1, 0.15) is 0 Å². The highest BCUT2D eigenvalue weighted by atomic mass is 16.6. The lowest BCUT2D eigenvalue weighted by Crippen LogP contribution is -2.47. The molecule has 1 N–H and O–H groups in total. The van der Waals surface area contributed by atoms with Crippen molar-refractivity contribution in [2.75, 3.05) is 39.3 Å². The Morgan fingerprint density at radius 2 is 1.70 bits per heavy atom. The molecular weight excluding hydrogens is 416 g/mol. The average molecular weight is 451 g/mol. The highest BCUT2D eigenvalue weighted by Crippen LogP contribution is 2.24. The topological polar surface area (TPSA) is 78.7 Å². The summed E-state index contributed by atoms with van der Waals surface area (Å²) in [5.41, 5.74) is 2.28. The molecule has 2 saturated heterocycles. The van der Waals surface area contributed by atoms with Gasteiger partial charge < -0.3 is 15.1 Å². The number of amides is 1. The number of nitrogens with one attached hydrogen (secondary N) is 1. The molecular formula is C26H34N4O3. The number of rotatable bonds is 8. The Bertz CT molecular complexity index is 933. The quantitative estimate of drug-likeness (QED) is 0.368. The zero-order chi connectivity index (χ0) is 23.0. The van der Waals surface area contributed by atoms with Gasteiger partial charge in [0, 0.05) is 30.3 Å². The molecule has 0 aliphatic carbocycles. The van der Waals surface area contributed by atoms with Crippen molar-refractivity contribution in [1.82, 2.24) is 15.1 Å². The van der Waals surface area contributed by atoms with Crippen molar-refractivity contribution in [2.45, 2.75) is 44.6 Å². The molecule has 0 bridgehead atoms. The molecule has 7 nitrogen and oxygen atoms in total. The standard InChI is InChI=1S/C26H34N4O3/c31-26(22-10-8-21(9-11-22)23-6-4-7-25(20-23)30(32)33)27-14-5-15-28-18-12-24(13-19-28)29-16-2-1-3-17-29/h4,6-11,20,24H,1-3,5,12-19H2,(H,27,31). The van der Waals surface area contributed by atoms with Crippen molar-refractivity contribution < 1.29 is 9.72 Å². The number of hydrogen-bond donors (Lipinski definition) is 1. The fourth-order valence-corrected chi connectivity index (χ4v) is 5.01. The van der Waals surface area contributed by atoms with Gasteiger partial charge in [-0.1, -0.05) is 30.7 Å². The highest BCUT2D eigenvalue weighted by Gasteiger charge is 2.25. The molecule has 0 aromatic heterocycles. The van der Waals surface area contributed by atoms with E-state index in [0.717, 1.165) is 43.2 Å². The fraction of sp³-hybridized carbons (Fsp3) is 0.500. The second kappa shape index (κ2) is 11.4. The number of hydrogen-bond acceptors (Lipinski definition) is 5. The van der Waals surface area contributed by atoms with Gasteiger partial charge in [0.05, 0.1) is 4.92 Å². The monoisotopic (exact) mass is 450 g/mol. The molecule has 4 rings (SSSR count). The first kappa shape index (κ1) is 23.4. The molecule has 0 radical (unpaired) electrons. The van der Waals surface area contributed by atoms with Crippen LogP contribution >= 0.6 is 0 Å². The second-order valence-electron chi connectivity index (χ2n) is 9.16. The van der Waals surface area contributed by atoms with Crippen LogP contribution in [0.15, 0.2) is 48.5 Å². The average Bonchev–Trinajstić information content (AvgIpc) is 2.87. The molecule has 33 heavy (non-hydrogen) atoms. The third kappa shape index (κ3) is 6.39. The van der Waals surface area contributed by atoms with Gasteiger partial charge in [0.15, 0.2) is 0 Å². The Morgan fingerprint density at radius 3 is 2.39 bits per heavy atom. The predicted octanol–water partition coefficient (Wildman–Crippen LogP) is 4.33. The van der Waals surface area contributed by atoms with Gasteiger partial charge in [-0.05, 0) is 88.1 Å². The summed E-state index contributed by atoms with van der Waals surface area (Å²) in [5, 5.41) is 14.0. The van der Waals surface area contributed by atoms with Crippen LogP contribution in [0.1, 0.15) is 48.9 Å². The molecule has 1 amide bonds. The Morgan fingerprint density at radius 1 is 0.970 bits per heavy atom. The summed E-state index contributed by atoms with van der Waals surface area (Å²) < 4.78 is 0. The first-order chi connectivity index (χ1) is 16.1. The van der Waals surface area contributed by atoms with Crippen molar-refractivity contribution in [2.24, 2.45) is 0 Å². The summed E-state index contributed by atoms with van der Waals surface area (Å²) in [7, 11) is 0. The highest BCUT2D eigenvalue weighted by molar-refractivity contribution is 5.94. The first-order valence-corrected chi connectivity index (χ1v) is 12.2. The minimum Gasteiger partial charge on any atom is -0.352 e. The van der Waals surface area contributed by atoms with Gasteiger partial charge in [0.25, 0.3) is 11.6 Å². The zero-order valence-electron chi connectivity index (χ0n) is 19.2. The van der Waals surface area contributed by atoms with E-state index in [1.165, 1.54) is 51.3 Å². The molecule has 176 valence electrons. The maximum Gasteiger partial charge on any atom is 0.270 e. The Labute approximate surface area is 195 Å². The predicted molar refractivity (Wildman–Crippen MR) is 130 cm³/mol. The van der Waals surface area contributed by atoms with E-state index >= 15 is 0 Å². The van der Waals surface area contributed by atoms with Crippen LogP contribution in [-0.4, -0.2) is 65.9 Å².